The number of hydrogen-bond acceptors (Lipinski definition) is 2. The van der Waals surface area contributed by atoms with Crippen LogP contribution in [0.2, 0.25) is 0 Å². The molecule has 0 amide bonds. The van der Waals surface area contributed by atoms with Gasteiger partial charge in [-0.25, -0.2) is 0 Å². The molecule has 1 rings (SSSR count). The maximum absolute atomic E-state index is 10.5. The van der Waals surface area contributed by atoms with Crippen molar-refractivity contribution in [2.75, 3.05) is 18.5 Å². The van der Waals surface area contributed by atoms with Crippen LogP contribution in [0.1, 0.15) is 142 Å². The molecule has 1 N–H and O–H groups in total. The van der Waals surface area contributed by atoms with Crippen molar-refractivity contribution in [1.82, 2.24) is 0 Å². The van der Waals surface area contributed by atoms with Crippen molar-refractivity contribution < 1.29 is 32.4 Å². The first-order valence-corrected chi connectivity index (χ1v) is 18.4. The molecule has 0 unspecified atom stereocenters. The first kappa shape index (κ1) is 39.3. The van der Waals surface area contributed by atoms with Crippen LogP contribution in [0.5, 0.6) is 0 Å². The number of aryl methyl sites for hydroxylation is 1. The van der Waals surface area contributed by atoms with Crippen LogP contribution in [0.15, 0.2) is 29.2 Å². The van der Waals surface area contributed by atoms with Crippen molar-refractivity contribution in [3.05, 3.63) is 29.8 Å². The molecule has 0 bridgehead atoms. The third-order valence-corrected chi connectivity index (χ3v) is 10.5. The fraction of sp³-hybridized carbons (Fsp3) is 0.806. The summed E-state index contributed by atoms with van der Waals surface area (Å²) in [5.41, 5.74) is 0.956. The monoisotopic (exact) mass is 644 g/mol. The molecule has 0 aromatic heterocycles. The third-order valence-electron chi connectivity index (χ3n) is 6.80. The summed E-state index contributed by atoms with van der Waals surface area (Å²) in [7, 11) is -3.65. The van der Waals surface area contributed by atoms with E-state index >= 15 is 0 Å². The molecule has 0 aliphatic carbocycles. The van der Waals surface area contributed by atoms with Crippen LogP contribution in [0.3, 0.4) is 0 Å². The van der Waals surface area contributed by atoms with Crippen molar-refractivity contribution in [2.24, 2.45) is 0 Å². The Morgan fingerprint density at radius 2 is 0.865 bits per heavy atom. The minimum Gasteiger partial charge on any atom is -0.282 e. The minimum absolute atomic E-state index is 0. The first-order chi connectivity index (χ1) is 17.3. The third kappa shape index (κ3) is 26.2. The van der Waals surface area contributed by atoms with Gasteiger partial charge in [0.15, 0.2) is 0 Å². The van der Waals surface area contributed by atoms with E-state index in [0.717, 1.165) is 5.56 Å². The predicted molar refractivity (Wildman–Crippen MR) is 163 cm³/mol. The van der Waals surface area contributed by atoms with Crippen LogP contribution < -0.4 is 0 Å². The van der Waals surface area contributed by atoms with E-state index in [1.54, 1.807) is 30.6 Å². The second-order valence-corrected chi connectivity index (χ2v) is 14.5. The normalized spacial score (nSPS) is 11.2. The number of rotatable bonds is 22. The van der Waals surface area contributed by atoms with Gasteiger partial charge in [-0.3, -0.25) is 4.55 Å². The van der Waals surface area contributed by atoms with Gasteiger partial charge in [0.2, 0.25) is 0 Å². The maximum Gasteiger partial charge on any atom is 0.294 e. The molecule has 1 aromatic rings. The largest absolute Gasteiger partial charge is 0.294 e. The van der Waals surface area contributed by atoms with Crippen LogP contribution in [0, 0.1) is 6.92 Å². The maximum atomic E-state index is 10.5. The second-order valence-electron chi connectivity index (χ2n) is 10.4. The molecule has 3 nitrogen and oxygen atoms in total. The number of hydrogen-bond donors (Lipinski definition) is 1. The minimum atomic E-state index is -4.02. The molecule has 0 fully saturated rings. The molecule has 0 saturated carbocycles. The molecule has 0 aliphatic rings. The molecule has 0 spiro atoms. The molecule has 0 saturated heterocycles. The summed E-state index contributed by atoms with van der Waals surface area (Å²) in [4.78, 5) is -0.0666. The van der Waals surface area contributed by atoms with E-state index < -0.39 is 10.1 Å². The molecule has 0 atom stereocenters. The van der Waals surface area contributed by atoms with E-state index in [4.69, 9.17) is 4.55 Å². The van der Waals surface area contributed by atoms with Gasteiger partial charge in [-0.15, -0.1) is 7.92 Å². The Labute approximate surface area is 246 Å². The molecule has 0 heterocycles. The van der Waals surface area contributed by atoms with E-state index in [9.17, 15) is 8.42 Å². The summed E-state index contributed by atoms with van der Waals surface area (Å²) in [6.45, 7) is 8.80. The average molecular weight is 644 g/mol. The zero-order chi connectivity index (χ0) is 26.9. The van der Waals surface area contributed by atoms with Gasteiger partial charge in [0.1, 0.15) is 0 Å². The molecule has 37 heavy (non-hydrogen) atoms. The zero-order valence-corrected chi connectivity index (χ0v) is 28.1. The SMILES string of the molecule is CCCCCCCCP(CCCCCCCC)CCCCCCCC.Cc1ccc(S(=O)(=O)O)cc1.[Ru]. The quantitative estimate of drug-likeness (QED) is 0.0592. The molecular formula is C31H59O3PRuS. The van der Waals surface area contributed by atoms with Crippen LogP contribution in [0.25, 0.3) is 0 Å². The van der Waals surface area contributed by atoms with Gasteiger partial charge >= 0.3 is 0 Å². The summed E-state index contributed by atoms with van der Waals surface area (Å²) in [6.07, 6.45) is 31.2. The molecule has 0 radical (unpaired) electrons. The summed E-state index contributed by atoms with van der Waals surface area (Å²) in [5.74, 6) is 0. The summed E-state index contributed by atoms with van der Waals surface area (Å²) in [6, 6.07) is 5.99. The average Bonchev–Trinajstić information content (AvgIpc) is 2.85. The topological polar surface area (TPSA) is 54.4 Å². The standard InChI is InChI=1S/C24H51P.C7H8O3S.Ru/c1-4-7-10-13-16-19-22-25(23-20-17-14-11-8-5-2)24-21-18-15-12-9-6-3;1-6-2-4-7(5-3-6)11(8,9)10;/h4-24H2,1-3H3;2-5H,1H3,(H,8,9,10);. The molecule has 0 aliphatic heterocycles. The Kier molecular flexibility index (Phi) is 29.5. The van der Waals surface area contributed by atoms with Gasteiger partial charge in [-0.05, 0) is 56.8 Å². The van der Waals surface area contributed by atoms with Crippen molar-refractivity contribution in [3.63, 3.8) is 0 Å². The predicted octanol–water partition coefficient (Wildman–Crippen LogP) is 10.8. The molecule has 220 valence electrons. The Bertz CT molecular complexity index is 657. The van der Waals surface area contributed by atoms with Gasteiger partial charge in [0, 0.05) is 19.5 Å². The van der Waals surface area contributed by atoms with Crippen molar-refractivity contribution in [2.45, 2.75) is 148 Å². The van der Waals surface area contributed by atoms with Crippen LogP contribution >= 0.6 is 7.92 Å². The van der Waals surface area contributed by atoms with E-state index in [1.807, 2.05) is 6.92 Å². The second kappa shape index (κ2) is 27.7. The summed E-state index contributed by atoms with van der Waals surface area (Å²) in [5, 5.41) is 0. The van der Waals surface area contributed by atoms with E-state index in [-0.39, 0.29) is 24.4 Å². The van der Waals surface area contributed by atoms with Gasteiger partial charge in [-0.1, -0.05) is 135 Å². The Balaban J connectivity index is 0. The number of unbranched alkanes of at least 4 members (excludes halogenated alkanes) is 15. The first-order valence-electron chi connectivity index (χ1n) is 15.1. The Hall–Kier alpha value is 0.183. The zero-order valence-electron chi connectivity index (χ0n) is 24.6. The summed E-state index contributed by atoms with van der Waals surface area (Å²) < 4.78 is 29.6. The van der Waals surface area contributed by atoms with E-state index in [1.165, 1.54) is 128 Å². The van der Waals surface area contributed by atoms with Crippen LogP contribution in [-0.2, 0) is 29.6 Å². The smallest absolute Gasteiger partial charge is 0.282 e. The van der Waals surface area contributed by atoms with Crippen LogP contribution in [0.4, 0.5) is 0 Å². The molecule has 1 aromatic carbocycles. The fourth-order valence-electron chi connectivity index (χ4n) is 4.39. The van der Waals surface area contributed by atoms with Gasteiger partial charge in [-0.2, -0.15) is 8.42 Å². The summed E-state index contributed by atoms with van der Waals surface area (Å²) >= 11 is 0. The Morgan fingerprint density at radius 3 is 1.16 bits per heavy atom. The fourth-order valence-corrected chi connectivity index (χ4v) is 7.56. The van der Waals surface area contributed by atoms with E-state index in [0.29, 0.717) is 7.92 Å². The van der Waals surface area contributed by atoms with Crippen molar-refractivity contribution in [3.8, 4) is 0 Å². The molecular weight excluding hydrogens is 584 g/mol. The van der Waals surface area contributed by atoms with Crippen LogP contribution in [-0.4, -0.2) is 31.5 Å². The van der Waals surface area contributed by atoms with Gasteiger partial charge in [0.25, 0.3) is 10.1 Å². The van der Waals surface area contributed by atoms with Crippen molar-refractivity contribution in [1.29, 1.82) is 0 Å². The van der Waals surface area contributed by atoms with Gasteiger partial charge in [0.05, 0.1) is 4.90 Å². The van der Waals surface area contributed by atoms with E-state index in [2.05, 4.69) is 20.8 Å². The number of benzene rings is 1. The Morgan fingerprint density at radius 1 is 0.568 bits per heavy atom. The van der Waals surface area contributed by atoms with Crippen molar-refractivity contribution >= 4 is 18.0 Å². The van der Waals surface area contributed by atoms with Gasteiger partial charge < -0.3 is 0 Å². The molecule has 6 heteroatoms.